The van der Waals surface area contributed by atoms with Gasteiger partial charge in [0, 0.05) is 12.5 Å². The molecule has 1 rings (SSSR count). The Bertz CT molecular complexity index is 134. The van der Waals surface area contributed by atoms with Gasteiger partial charge in [0.05, 0.1) is 0 Å². The maximum absolute atomic E-state index is 10.7. The van der Waals surface area contributed by atoms with Crippen LogP contribution in [0.15, 0.2) is 0 Å². The third-order valence-corrected chi connectivity index (χ3v) is 1.60. The highest BCUT2D eigenvalue weighted by molar-refractivity contribution is 5.77. The average Bonchev–Trinajstić information content (AvgIpc) is 2.13. The molecule has 10 heavy (non-hydrogen) atoms. The topological polar surface area (TPSA) is 41.1 Å². The van der Waals surface area contributed by atoms with E-state index < -0.39 is 0 Å². The highest BCUT2D eigenvalue weighted by Gasteiger charge is 2.20. The second kappa shape index (κ2) is 3.01. The monoisotopic (exact) mass is 142 g/mol. The smallest absolute Gasteiger partial charge is 0.235 e. The molecule has 0 radical (unpaired) electrons. The van der Waals surface area contributed by atoms with E-state index in [1.807, 2.05) is 0 Å². The summed E-state index contributed by atoms with van der Waals surface area (Å²) in [5.74, 6) is 0.774. The summed E-state index contributed by atoms with van der Waals surface area (Å²) in [5.41, 5.74) is 5.52. The number of hydrogen-bond acceptors (Lipinski definition) is 2. The Labute approximate surface area is 61.2 Å². The summed E-state index contributed by atoms with van der Waals surface area (Å²) in [5, 5.41) is 0. The van der Waals surface area contributed by atoms with Gasteiger partial charge in [0.25, 0.3) is 0 Å². The molecule has 3 nitrogen and oxygen atoms in total. The Morgan fingerprint density at radius 1 is 1.70 bits per heavy atom. The number of hydrazine groups is 1. The Morgan fingerprint density at radius 2 is 2.40 bits per heavy atom. The number of hydrogen-bond donors (Lipinski definition) is 2. The van der Waals surface area contributed by atoms with Crippen LogP contribution in [0.1, 0.15) is 26.7 Å². The number of carbonyl (C=O) groups excluding carboxylic acids is 1. The maximum Gasteiger partial charge on any atom is 0.235 e. The summed E-state index contributed by atoms with van der Waals surface area (Å²) in [4.78, 5) is 10.7. The van der Waals surface area contributed by atoms with Gasteiger partial charge in [-0.15, -0.1) is 0 Å². The fraction of sp³-hybridized carbons (Fsp3) is 0.857. The summed E-state index contributed by atoms with van der Waals surface area (Å²) in [6.45, 7) is 4.31. The standard InChI is InChI=1S/C7H14N2O/c1-5(2)3-6-4-7(10)9-8-6/h5-6,8H,3-4H2,1-2H3,(H,9,10). The molecule has 2 N–H and O–H groups in total. The maximum atomic E-state index is 10.7. The molecule has 0 spiro atoms. The van der Waals surface area contributed by atoms with Crippen LogP contribution < -0.4 is 10.9 Å². The van der Waals surface area contributed by atoms with Crippen LogP contribution in [-0.4, -0.2) is 11.9 Å². The van der Waals surface area contributed by atoms with Gasteiger partial charge in [0.1, 0.15) is 0 Å². The number of amides is 1. The van der Waals surface area contributed by atoms with Crippen LogP contribution in [0.3, 0.4) is 0 Å². The van der Waals surface area contributed by atoms with Crippen molar-refractivity contribution < 1.29 is 4.79 Å². The fourth-order valence-electron chi connectivity index (χ4n) is 1.22. The number of nitrogens with one attached hydrogen (secondary N) is 2. The van der Waals surface area contributed by atoms with E-state index in [1.165, 1.54) is 0 Å². The lowest BCUT2D eigenvalue weighted by Gasteiger charge is -2.09. The number of carbonyl (C=O) groups is 1. The van der Waals surface area contributed by atoms with Crippen molar-refractivity contribution in [2.45, 2.75) is 32.7 Å². The summed E-state index contributed by atoms with van der Waals surface area (Å²) in [7, 11) is 0. The van der Waals surface area contributed by atoms with Gasteiger partial charge < -0.3 is 0 Å². The molecule has 1 aliphatic rings. The van der Waals surface area contributed by atoms with E-state index in [9.17, 15) is 4.79 Å². The van der Waals surface area contributed by atoms with Crippen molar-refractivity contribution in [2.24, 2.45) is 5.92 Å². The number of rotatable bonds is 2. The lowest BCUT2D eigenvalue weighted by atomic mass is 10.0. The van der Waals surface area contributed by atoms with Crippen LogP contribution in [0.4, 0.5) is 0 Å². The van der Waals surface area contributed by atoms with Gasteiger partial charge in [-0.2, -0.15) is 0 Å². The molecular formula is C7H14N2O. The quantitative estimate of drug-likeness (QED) is 0.587. The predicted octanol–water partition coefficient (Wildman–Crippen LogP) is 0.426. The molecule has 0 aromatic heterocycles. The van der Waals surface area contributed by atoms with E-state index in [2.05, 4.69) is 24.7 Å². The zero-order valence-electron chi connectivity index (χ0n) is 6.48. The van der Waals surface area contributed by atoms with E-state index >= 15 is 0 Å². The molecule has 0 aromatic rings. The van der Waals surface area contributed by atoms with Crippen molar-refractivity contribution in [1.82, 2.24) is 10.9 Å². The molecule has 0 bridgehead atoms. The van der Waals surface area contributed by atoms with Gasteiger partial charge >= 0.3 is 0 Å². The average molecular weight is 142 g/mol. The molecule has 58 valence electrons. The molecule has 1 saturated heterocycles. The highest BCUT2D eigenvalue weighted by Crippen LogP contribution is 2.09. The van der Waals surface area contributed by atoms with Crippen LogP contribution >= 0.6 is 0 Å². The van der Waals surface area contributed by atoms with Crippen molar-refractivity contribution in [2.75, 3.05) is 0 Å². The molecule has 1 aliphatic heterocycles. The van der Waals surface area contributed by atoms with Crippen molar-refractivity contribution in [3.05, 3.63) is 0 Å². The second-order valence-electron chi connectivity index (χ2n) is 3.22. The predicted molar refractivity (Wildman–Crippen MR) is 39.1 cm³/mol. The zero-order valence-corrected chi connectivity index (χ0v) is 6.48. The Balaban J connectivity index is 2.24. The molecule has 1 atom stereocenters. The van der Waals surface area contributed by atoms with Crippen LogP contribution in [0.25, 0.3) is 0 Å². The van der Waals surface area contributed by atoms with Crippen molar-refractivity contribution in [1.29, 1.82) is 0 Å². The van der Waals surface area contributed by atoms with Gasteiger partial charge in [0.2, 0.25) is 5.91 Å². The zero-order chi connectivity index (χ0) is 7.56. The summed E-state index contributed by atoms with van der Waals surface area (Å²) in [6.07, 6.45) is 1.71. The van der Waals surface area contributed by atoms with E-state index in [1.54, 1.807) is 0 Å². The highest BCUT2D eigenvalue weighted by atomic mass is 16.2. The second-order valence-corrected chi connectivity index (χ2v) is 3.22. The van der Waals surface area contributed by atoms with Crippen molar-refractivity contribution in [3.63, 3.8) is 0 Å². The molecule has 1 unspecified atom stereocenters. The third-order valence-electron chi connectivity index (χ3n) is 1.60. The fourth-order valence-corrected chi connectivity index (χ4v) is 1.22. The van der Waals surface area contributed by atoms with E-state index in [4.69, 9.17) is 0 Å². The normalized spacial score (nSPS) is 25.5. The van der Waals surface area contributed by atoms with E-state index in [0.717, 1.165) is 6.42 Å². The van der Waals surface area contributed by atoms with Gasteiger partial charge in [-0.25, -0.2) is 5.43 Å². The largest absolute Gasteiger partial charge is 0.291 e. The Morgan fingerprint density at radius 3 is 2.80 bits per heavy atom. The first-order valence-corrected chi connectivity index (χ1v) is 3.73. The molecule has 1 amide bonds. The minimum absolute atomic E-state index is 0.116. The lowest BCUT2D eigenvalue weighted by Crippen LogP contribution is -2.32. The molecule has 1 heterocycles. The summed E-state index contributed by atoms with van der Waals surface area (Å²) < 4.78 is 0. The molecule has 0 aliphatic carbocycles. The lowest BCUT2D eigenvalue weighted by molar-refractivity contribution is -0.119. The summed E-state index contributed by atoms with van der Waals surface area (Å²) >= 11 is 0. The van der Waals surface area contributed by atoms with Crippen LogP contribution in [0.5, 0.6) is 0 Å². The van der Waals surface area contributed by atoms with Crippen molar-refractivity contribution >= 4 is 5.91 Å². The molecule has 3 heteroatoms. The minimum atomic E-state index is 0.116. The first kappa shape index (κ1) is 7.54. The molecule has 1 fully saturated rings. The first-order valence-electron chi connectivity index (χ1n) is 3.73. The first-order chi connectivity index (χ1) is 4.68. The minimum Gasteiger partial charge on any atom is -0.291 e. The van der Waals surface area contributed by atoms with Gasteiger partial charge in [-0.1, -0.05) is 13.8 Å². The SMILES string of the molecule is CC(C)CC1CC(=O)NN1. The molecular weight excluding hydrogens is 128 g/mol. The molecule has 0 saturated carbocycles. The Kier molecular flexibility index (Phi) is 2.27. The summed E-state index contributed by atoms with van der Waals surface area (Å²) in [6, 6.07) is 0.354. The van der Waals surface area contributed by atoms with Crippen molar-refractivity contribution in [3.8, 4) is 0 Å². The van der Waals surface area contributed by atoms with Gasteiger partial charge in [0.15, 0.2) is 0 Å². The van der Waals surface area contributed by atoms with Crippen LogP contribution in [0, 0.1) is 5.92 Å². The van der Waals surface area contributed by atoms with E-state index in [-0.39, 0.29) is 5.91 Å². The van der Waals surface area contributed by atoms with Gasteiger partial charge in [-0.05, 0) is 12.3 Å². The van der Waals surface area contributed by atoms with Crippen LogP contribution in [-0.2, 0) is 4.79 Å². The van der Waals surface area contributed by atoms with E-state index in [0.29, 0.717) is 18.4 Å². The third kappa shape index (κ3) is 1.99. The molecule has 0 aromatic carbocycles. The van der Waals surface area contributed by atoms with Crippen LogP contribution in [0.2, 0.25) is 0 Å². The Hall–Kier alpha value is -0.570. The van der Waals surface area contributed by atoms with Gasteiger partial charge in [-0.3, -0.25) is 10.2 Å².